The van der Waals surface area contributed by atoms with E-state index in [4.69, 9.17) is 16.3 Å². The van der Waals surface area contributed by atoms with E-state index in [-0.39, 0.29) is 6.04 Å². The first-order valence-corrected chi connectivity index (χ1v) is 7.53. The molecule has 6 heteroatoms. The highest BCUT2D eigenvalue weighted by molar-refractivity contribution is 6.30. The van der Waals surface area contributed by atoms with E-state index in [1.165, 1.54) is 0 Å². The van der Waals surface area contributed by atoms with Crippen molar-refractivity contribution in [1.29, 1.82) is 0 Å². The highest BCUT2D eigenvalue weighted by Gasteiger charge is 2.23. The molecule has 0 amide bonds. The Morgan fingerprint density at radius 3 is 2.71 bits per heavy atom. The zero-order chi connectivity index (χ0) is 15.2. The summed E-state index contributed by atoms with van der Waals surface area (Å²) in [5, 5.41) is 8.51. The van der Waals surface area contributed by atoms with Crippen LogP contribution in [0.2, 0.25) is 5.02 Å². The molecule has 0 radical (unpaired) electrons. The fourth-order valence-electron chi connectivity index (χ4n) is 2.27. The van der Waals surface area contributed by atoms with Crippen LogP contribution in [0.25, 0.3) is 0 Å². The van der Waals surface area contributed by atoms with E-state index in [1.54, 1.807) is 19.5 Å². The van der Waals surface area contributed by atoms with Crippen LogP contribution in [-0.4, -0.2) is 28.4 Å². The van der Waals surface area contributed by atoms with E-state index in [9.17, 15) is 0 Å². The first kappa shape index (κ1) is 15.8. The van der Waals surface area contributed by atoms with Crippen LogP contribution in [0.4, 0.5) is 0 Å². The quantitative estimate of drug-likeness (QED) is 0.854. The van der Waals surface area contributed by atoms with Crippen molar-refractivity contribution in [3.63, 3.8) is 0 Å². The lowest BCUT2D eigenvalue weighted by Gasteiger charge is -2.20. The molecule has 0 aliphatic carbocycles. The van der Waals surface area contributed by atoms with Gasteiger partial charge in [0.05, 0.1) is 30.1 Å². The number of nitrogens with one attached hydrogen (secondary N) is 1. The van der Waals surface area contributed by atoms with Crippen molar-refractivity contribution in [2.45, 2.75) is 32.9 Å². The molecule has 2 rings (SSSR count). The molecule has 0 fully saturated rings. The van der Waals surface area contributed by atoms with E-state index >= 15 is 0 Å². The van der Waals surface area contributed by atoms with Gasteiger partial charge in [-0.1, -0.05) is 18.5 Å². The number of halogens is 1. The van der Waals surface area contributed by atoms with E-state index in [1.807, 2.05) is 16.8 Å². The molecule has 114 valence electrons. The molecule has 2 heterocycles. The molecule has 0 saturated carbocycles. The molecular weight excluding hydrogens is 288 g/mol. The number of aryl methyl sites for hydroxylation is 1. The maximum absolute atomic E-state index is 5.94. The number of pyridine rings is 1. The summed E-state index contributed by atoms with van der Waals surface area (Å²) in [4.78, 5) is 4.45. The number of hydrogen-bond donors (Lipinski definition) is 1. The molecule has 1 atom stereocenters. The van der Waals surface area contributed by atoms with E-state index in [2.05, 4.69) is 29.2 Å². The molecule has 0 bridgehead atoms. The number of methoxy groups -OCH3 is 1. The molecule has 5 nitrogen and oxygen atoms in total. The SMILES string of the molecule is CCCNC(c1ccc(Cl)cn1)c1c(OC)cnn1CC. The van der Waals surface area contributed by atoms with Crippen molar-refractivity contribution in [2.24, 2.45) is 0 Å². The van der Waals surface area contributed by atoms with Crippen LogP contribution < -0.4 is 10.1 Å². The lowest BCUT2D eigenvalue weighted by Crippen LogP contribution is -2.27. The Kier molecular flexibility index (Phi) is 5.59. The fraction of sp³-hybridized carbons (Fsp3) is 0.467. The Balaban J connectivity index is 2.44. The summed E-state index contributed by atoms with van der Waals surface area (Å²) in [5.74, 6) is 0.766. The van der Waals surface area contributed by atoms with Gasteiger partial charge in [0.1, 0.15) is 5.69 Å². The molecule has 0 saturated heterocycles. The smallest absolute Gasteiger partial charge is 0.161 e. The number of nitrogens with zero attached hydrogens (tertiary/aromatic N) is 3. The van der Waals surface area contributed by atoms with Gasteiger partial charge in [0, 0.05) is 12.7 Å². The van der Waals surface area contributed by atoms with Crippen LogP contribution in [0.5, 0.6) is 5.75 Å². The van der Waals surface area contributed by atoms with Gasteiger partial charge in [0.2, 0.25) is 0 Å². The zero-order valence-corrected chi connectivity index (χ0v) is 13.4. The highest BCUT2D eigenvalue weighted by atomic mass is 35.5. The second-order valence-corrected chi connectivity index (χ2v) is 5.14. The van der Waals surface area contributed by atoms with Crippen LogP contribution in [0, 0.1) is 0 Å². The Morgan fingerprint density at radius 2 is 2.14 bits per heavy atom. The third-order valence-corrected chi connectivity index (χ3v) is 3.51. The molecule has 0 aliphatic rings. The molecule has 1 N–H and O–H groups in total. The Labute approximate surface area is 130 Å². The highest BCUT2D eigenvalue weighted by Crippen LogP contribution is 2.29. The van der Waals surface area contributed by atoms with Crippen molar-refractivity contribution in [1.82, 2.24) is 20.1 Å². The Bertz CT molecular complexity index is 546. The van der Waals surface area contributed by atoms with Crippen molar-refractivity contribution >= 4 is 11.6 Å². The minimum Gasteiger partial charge on any atom is -0.493 e. The minimum atomic E-state index is -0.0698. The fourth-order valence-corrected chi connectivity index (χ4v) is 2.38. The lowest BCUT2D eigenvalue weighted by atomic mass is 10.1. The zero-order valence-electron chi connectivity index (χ0n) is 12.6. The molecule has 2 aromatic heterocycles. The van der Waals surface area contributed by atoms with Crippen LogP contribution in [0.15, 0.2) is 24.5 Å². The van der Waals surface area contributed by atoms with Crippen molar-refractivity contribution in [3.05, 3.63) is 40.9 Å². The Morgan fingerprint density at radius 1 is 1.33 bits per heavy atom. The summed E-state index contributed by atoms with van der Waals surface area (Å²) >= 11 is 5.94. The number of aromatic nitrogens is 3. The van der Waals surface area contributed by atoms with Gasteiger partial charge in [-0.05, 0) is 32.0 Å². The van der Waals surface area contributed by atoms with E-state index in [0.717, 1.165) is 36.6 Å². The molecular formula is C15H21ClN4O. The summed E-state index contributed by atoms with van der Waals surface area (Å²) in [6.07, 6.45) is 4.44. The largest absolute Gasteiger partial charge is 0.493 e. The van der Waals surface area contributed by atoms with Crippen LogP contribution in [0.3, 0.4) is 0 Å². The van der Waals surface area contributed by atoms with Gasteiger partial charge in [-0.3, -0.25) is 9.67 Å². The number of ether oxygens (including phenoxy) is 1. The summed E-state index contributed by atoms with van der Waals surface area (Å²) < 4.78 is 7.39. The standard InChI is InChI=1S/C15H21ClN4O/c1-4-8-17-14(12-7-6-11(16)9-18-12)15-13(21-3)10-19-20(15)5-2/h6-7,9-10,14,17H,4-5,8H2,1-3H3. The first-order chi connectivity index (χ1) is 10.2. The maximum Gasteiger partial charge on any atom is 0.161 e. The van der Waals surface area contributed by atoms with Crippen molar-refractivity contribution in [2.75, 3.05) is 13.7 Å². The maximum atomic E-state index is 5.94. The third-order valence-electron chi connectivity index (χ3n) is 3.28. The third kappa shape index (κ3) is 3.54. The molecule has 1 unspecified atom stereocenters. The lowest BCUT2D eigenvalue weighted by molar-refractivity contribution is 0.398. The average Bonchev–Trinajstić information content (AvgIpc) is 2.92. The molecule has 0 aromatic carbocycles. The first-order valence-electron chi connectivity index (χ1n) is 7.15. The molecule has 21 heavy (non-hydrogen) atoms. The normalized spacial score (nSPS) is 12.4. The predicted molar refractivity (Wildman–Crippen MR) is 83.8 cm³/mol. The molecule has 0 aliphatic heterocycles. The number of rotatable bonds is 7. The summed E-state index contributed by atoms with van der Waals surface area (Å²) in [7, 11) is 1.66. The van der Waals surface area contributed by atoms with Gasteiger partial charge < -0.3 is 10.1 Å². The Hall–Kier alpha value is -1.59. The van der Waals surface area contributed by atoms with Gasteiger partial charge in [-0.25, -0.2) is 0 Å². The van der Waals surface area contributed by atoms with E-state index in [0.29, 0.717) is 5.02 Å². The number of hydrogen-bond acceptors (Lipinski definition) is 4. The van der Waals surface area contributed by atoms with Gasteiger partial charge in [-0.15, -0.1) is 0 Å². The second kappa shape index (κ2) is 7.43. The van der Waals surface area contributed by atoms with Crippen LogP contribution >= 0.6 is 11.6 Å². The van der Waals surface area contributed by atoms with Crippen LogP contribution in [0.1, 0.15) is 37.7 Å². The summed E-state index contributed by atoms with van der Waals surface area (Å²) in [6.45, 7) is 5.85. The van der Waals surface area contributed by atoms with Gasteiger partial charge >= 0.3 is 0 Å². The average molecular weight is 309 g/mol. The summed E-state index contributed by atoms with van der Waals surface area (Å²) in [5.41, 5.74) is 1.89. The van der Waals surface area contributed by atoms with Gasteiger partial charge in [-0.2, -0.15) is 5.10 Å². The molecule has 2 aromatic rings. The minimum absolute atomic E-state index is 0.0698. The summed E-state index contributed by atoms with van der Waals surface area (Å²) in [6, 6.07) is 3.71. The van der Waals surface area contributed by atoms with Crippen molar-refractivity contribution in [3.8, 4) is 5.75 Å². The van der Waals surface area contributed by atoms with Gasteiger partial charge in [0.15, 0.2) is 5.75 Å². The van der Waals surface area contributed by atoms with E-state index < -0.39 is 0 Å². The van der Waals surface area contributed by atoms with Crippen molar-refractivity contribution < 1.29 is 4.74 Å². The topological polar surface area (TPSA) is 52.0 Å². The monoisotopic (exact) mass is 308 g/mol. The molecule has 0 spiro atoms. The second-order valence-electron chi connectivity index (χ2n) is 4.70. The van der Waals surface area contributed by atoms with Crippen LogP contribution in [-0.2, 0) is 6.54 Å². The predicted octanol–water partition coefficient (Wildman–Crippen LogP) is 3.05. The van der Waals surface area contributed by atoms with Gasteiger partial charge in [0.25, 0.3) is 0 Å².